The Kier molecular flexibility index (Phi) is 3.42. The summed E-state index contributed by atoms with van der Waals surface area (Å²) in [5, 5.41) is 0. The average Bonchev–Trinajstić information content (AvgIpc) is 3.20. The molecule has 3 heteroatoms. The van der Waals surface area contributed by atoms with Crippen LogP contribution >= 0.6 is 17.0 Å². The monoisotopic (exact) mass is 433 g/mol. The summed E-state index contributed by atoms with van der Waals surface area (Å²) in [6.07, 6.45) is 8.82. The van der Waals surface area contributed by atoms with Crippen LogP contribution in [0.5, 0.6) is 0 Å². The molecule has 2 aliphatic rings. The van der Waals surface area contributed by atoms with Gasteiger partial charge in [-0.2, -0.15) is 0 Å². The van der Waals surface area contributed by atoms with E-state index in [2.05, 4.69) is 88.1 Å². The molecule has 0 N–H and O–H groups in total. The van der Waals surface area contributed by atoms with Gasteiger partial charge in [-0.05, 0) is 0 Å². The predicted octanol–water partition coefficient (Wildman–Crippen LogP) is 6.93. The van der Waals surface area contributed by atoms with E-state index in [1.807, 2.05) is 0 Å². The van der Waals surface area contributed by atoms with E-state index in [-0.39, 0.29) is 7.25 Å². The fourth-order valence-electron chi connectivity index (χ4n) is 4.52. The third-order valence-corrected chi connectivity index (χ3v) is 29.9. The second-order valence-corrected chi connectivity index (χ2v) is 39.9. The number of fused-ring (bicyclic) bond motifs is 2. The van der Waals surface area contributed by atoms with E-state index in [0.29, 0.717) is 0 Å². The molecule has 0 heterocycles. The molecule has 2 aromatic rings. The molecular formula is C21H21Cl2Zr. The molecule has 0 aliphatic heterocycles. The van der Waals surface area contributed by atoms with Crippen LogP contribution in [0, 0.1) is 0 Å². The van der Waals surface area contributed by atoms with Crippen molar-refractivity contribution in [2.45, 2.75) is 18.8 Å². The van der Waals surface area contributed by atoms with Gasteiger partial charge in [0.05, 0.1) is 0 Å². The standard InChI is InChI=1S/2C9H7.C2H4.CH3.2ClH.Zr/c2*1-2-5-9-7-3-6-8(9)4-1;1-2;;;;/h2*1-7H;1H,2H3;1H3;2*1H;/q;;;;;;+2/p-2. The maximum atomic E-state index is 7.71. The van der Waals surface area contributed by atoms with Gasteiger partial charge in [0, 0.05) is 0 Å². The summed E-state index contributed by atoms with van der Waals surface area (Å²) < 4.78 is 4.49. The topological polar surface area (TPSA) is 0 Å². The number of allylic oxidation sites excluding steroid dienone is 2. The Morgan fingerprint density at radius 1 is 0.792 bits per heavy atom. The van der Waals surface area contributed by atoms with Crippen molar-refractivity contribution in [1.82, 2.24) is 0 Å². The van der Waals surface area contributed by atoms with Crippen molar-refractivity contribution in [1.29, 1.82) is 0 Å². The van der Waals surface area contributed by atoms with Crippen LogP contribution in [-0.2, 0) is 14.4 Å². The summed E-state index contributed by atoms with van der Waals surface area (Å²) in [5.41, 5.74) is 5.00. The SMILES string of the molecule is C[CH]=[Zr]([CH3])([Cl])([Cl])([CH]1C=Cc2ccccc21)[CH]1C=Cc2ccccc21. The van der Waals surface area contributed by atoms with Crippen LogP contribution in [0.1, 0.15) is 36.4 Å². The first-order valence-corrected chi connectivity index (χ1v) is 21.5. The molecule has 0 amide bonds. The third kappa shape index (κ3) is 2.11. The van der Waals surface area contributed by atoms with Crippen molar-refractivity contribution in [2.24, 2.45) is 0 Å². The summed E-state index contributed by atoms with van der Waals surface area (Å²) in [6, 6.07) is 16.9. The van der Waals surface area contributed by atoms with Crippen molar-refractivity contribution in [3.05, 3.63) is 82.9 Å². The summed E-state index contributed by atoms with van der Waals surface area (Å²) in [5.74, 6) is 0. The first-order chi connectivity index (χ1) is 11.3. The molecule has 2 atom stereocenters. The Morgan fingerprint density at radius 2 is 1.21 bits per heavy atom. The molecule has 24 heavy (non-hydrogen) atoms. The Bertz CT molecular complexity index is 921. The van der Waals surface area contributed by atoms with Crippen LogP contribution in [0.25, 0.3) is 12.2 Å². The average molecular weight is 436 g/mol. The quantitative estimate of drug-likeness (QED) is 0.480. The van der Waals surface area contributed by atoms with E-state index in [1.165, 1.54) is 22.3 Å². The summed E-state index contributed by atoms with van der Waals surface area (Å²) in [6.45, 7) is 2.06. The molecule has 0 aromatic heterocycles. The van der Waals surface area contributed by atoms with Crippen molar-refractivity contribution in [3.63, 3.8) is 0 Å². The van der Waals surface area contributed by atoms with Gasteiger partial charge >= 0.3 is 149 Å². The molecule has 4 rings (SSSR count). The van der Waals surface area contributed by atoms with Gasteiger partial charge in [0.1, 0.15) is 0 Å². The van der Waals surface area contributed by atoms with Crippen molar-refractivity contribution in [2.75, 3.05) is 0 Å². The van der Waals surface area contributed by atoms with Gasteiger partial charge in [0.15, 0.2) is 0 Å². The predicted molar refractivity (Wildman–Crippen MR) is 106 cm³/mol. The van der Waals surface area contributed by atoms with E-state index in [4.69, 9.17) is 17.0 Å². The Labute approximate surface area is 148 Å². The van der Waals surface area contributed by atoms with Gasteiger partial charge in [0.2, 0.25) is 0 Å². The summed E-state index contributed by atoms with van der Waals surface area (Å²) >= 11 is -4.90. The molecule has 0 nitrogen and oxygen atoms in total. The molecule has 2 aliphatic carbocycles. The van der Waals surface area contributed by atoms with Crippen LogP contribution in [0.2, 0.25) is 4.63 Å². The van der Waals surface area contributed by atoms with Gasteiger partial charge in [-0.3, -0.25) is 0 Å². The molecule has 2 aromatic carbocycles. The second-order valence-electron chi connectivity index (χ2n) is 7.69. The molecule has 123 valence electrons. The molecule has 2 unspecified atom stereocenters. The van der Waals surface area contributed by atoms with Gasteiger partial charge in [-0.15, -0.1) is 0 Å². The van der Waals surface area contributed by atoms with Crippen LogP contribution < -0.4 is 0 Å². The minimum atomic E-state index is -4.90. The van der Waals surface area contributed by atoms with E-state index < -0.39 is 14.4 Å². The van der Waals surface area contributed by atoms with Crippen molar-refractivity contribution < 1.29 is 14.4 Å². The first kappa shape index (κ1) is 16.7. The zero-order valence-electron chi connectivity index (χ0n) is 13.9. The van der Waals surface area contributed by atoms with E-state index in [0.717, 1.165) is 0 Å². The van der Waals surface area contributed by atoms with Gasteiger partial charge in [-0.1, -0.05) is 0 Å². The molecule has 0 saturated carbocycles. The third-order valence-electron chi connectivity index (χ3n) is 6.25. The summed E-state index contributed by atoms with van der Waals surface area (Å²) in [7, 11) is 15.4. The normalized spacial score (nSPS) is 24.2. The Morgan fingerprint density at radius 3 is 1.62 bits per heavy atom. The van der Waals surface area contributed by atoms with Crippen molar-refractivity contribution >= 4 is 32.9 Å². The molecule has 0 fully saturated rings. The number of hydrogen-bond donors (Lipinski definition) is 0. The van der Waals surface area contributed by atoms with Crippen LogP contribution in [-0.4, -0.2) is 3.71 Å². The summed E-state index contributed by atoms with van der Waals surface area (Å²) in [4.78, 5) is 0. The van der Waals surface area contributed by atoms with Crippen LogP contribution in [0.3, 0.4) is 0 Å². The zero-order chi connectivity index (χ0) is 17.1. The molecule has 0 spiro atoms. The Balaban J connectivity index is 2.00. The number of hydrogen-bond acceptors (Lipinski definition) is 0. The van der Waals surface area contributed by atoms with Crippen LogP contribution in [0.15, 0.2) is 60.7 Å². The second kappa shape index (κ2) is 4.91. The molecule has 0 saturated heterocycles. The van der Waals surface area contributed by atoms with Gasteiger partial charge in [-0.25, -0.2) is 0 Å². The molecule has 0 radical (unpaired) electrons. The minimum absolute atomic E-state index is 0.0662. The number of rotatable bonds is 2. The van der Waals surface area contributed by atoms with E-state index in [1.54, 1.807) is 0 Å². The van der Waals surface area contributed by atoms with E-state index in [9.17, 15) is 0 Å². The van der Waals surface area contributed by atoms with Crippen LogP contribution in [0.4, 0.5) is 0 Å². The molecule has 0 bridgehead atoms. The fourth-order valence-corrected chi connectivity index (χ4v) is 20.7. The Hall–Kier alpha value is -0.747. The van der Waals surface area contributed by atoms with E-state index >= 15 is 0 Å². The van der Waals surface area contributed by atoms with Gasteiger partial charge < -0.3 is 0 Å². The van der Waals surface area contributed by atoms with Crippen molar-refractivity contribution in [3.8, 4) is 0 Å². The fraction of sp³-hybridized carbons (Fsp3) is 0.190. The maximum absolute atomic E-state index is 7.71. The first-order valence-electron chi connectivity index (χ1n) is 8.46. The number of benzene rings is 2. The molecular weight excluding hydrogens is 414 g/mol. The van der Waals surface area contributed by atoms with Gasteiger partial charge in [0.25, 0.3) is 0 Å². The number of halogens is 2. The zero-order valence-corrected chi connectivity index (χ0v) is 17.9.